The van der Waals surface area contributed by atoms with Gasteiger partial charge in [-0.3, -0.25) is 9.80 Å². The summed E-state index contributed by atoms with van der Waals surface area (Å²) in [5, 5.41) is 9.77. The van der Waals surface area contributed by atoms with Crippen LogP contribution in [0.2, 0.25) is 0 Å². The summed E-state index contributed by atoms with van der Waals surface area (Å²) >= 11 is 0. The van der Waals surface area contributed by atoms with Crippen LogP contribution in [0, 0.1) is 5.82 Å². The number of rotatable bonds is 9. The van der Waals surface area contributed by atoms with Gasteiger partial charge in [-0.1, -0.05) is 31.2 Å². The van der Waals surface area contributed by atoms with E-state index in [9.17, 15) is 18.0 Å². The summed E-state index contributed by atoms with van der Waals surface area (Å²) in [6, 6.07) is 12.8. The van der Waals surface area contributed by atoms with Gasteiger partial charge in [0.15, 0.2) is 0 Å². The van der Waals surface area contributed by atoms with Crippen molar-refractivity contribution in [3.05, 3.63) is 65.8 Å². The Morgan fingerprint density at radius 1 is 1.08 bits per heavy atom. The zero-order valence-corrected chi connectivity index (χ0v) is 20.0. The molecule has 2 heterocycles. The Kier molecular flexibility index (Phi) is 8.55. The molecular weight excluding hydrogens is 473 g/mol. The van der Waals surface area contributed by atoms with Crippen molar-refractivity contribution in [2.45, 2.75) is 19.9 Å². The van der Waals surface area contributed by atoms with Crippen molar-refractivity contribution >= 4 is 11.7 Å². The summed E-state index contributed by atoms with van der Waals surface area (Å²) in [7, 11) is 0. The average molecular weight is 503 g/mol. The number of nitrogens with one attached hydrogen (secondary N) is 1. The fourth-order valence-electron chi connectivity index (χ4n) is 4.05. The molecule has 0 aliphatic carbocycles. The number of amides is 2. The third kappa shape index (κ3) is 6.41. The molecule has 0 unspecified atom stereocenters. The van der Waals surface area contributed by atoms with E-state index in [1.54, 1.807) is 24.3 Å². The predicted octanol–water partition coefficient (Wildman–Crippen LogP) is 4.17. The Labute approximate surface area is 207 Å². The van der Waals surface area contributed by atoms with Crippen molar-refractivity contribution < 1.29 is 22.4 Å². The van der Waals surface area contributed by atoms with Gasteiger partial charge in [0.1, 0.15) is 5.82 Å². The lowest BCUT2D eigenvalue weighted by Crippen LogP contribution is -2.49. The molecule has 11 heteroatoms. The number of carbonyl (C=O) groups is 1. The lowest BCUT2D eigenvalue weighted by Gasteiger charge is -2.34. The van der Waals surface area contributed by atoms with E-state index in [-0.39, 0.29) is 29.6 Å². The zero-order valence-electron chi connectivity index (χ0n) is 20.0. The quantitative estimate of drug-likeness (QED) is 0.473. The molecule has 2 amide bonds. The summed E-state index contributed by atoms with van der Waals surface area (Å²) in [6.07, 6.45) is -2.91. The van der Waals surface area contributed by atoms with Crippen molar-refractivity contribution in [1.82, 2.24) is 25.3 Å². The second kappa shape index (κ2) is 12.0. The van der Waals surface area contributed by atoms with Gasteiger partial charge in [-0.15, -0.1) is 10.2 Å². The number of urea groups is 1. The van der Waals surface area contributed by atoms with Gasteiger partial charge in [-0.2, -0.15) is 8.78 Å². The van der Waals surface area contributed by atoms with Gasteiger partial charge >= 0.3 is 12.5 Å². The molecule has 0 saturated carbocycles. The van der Waals surface area contributed by atoms with Crippen molar-refractivity contribution in [1.29, 1.82) is 0 Å². The number of anilines is 1. The van der Waals surface area contributed by atoms with E-state index in [0.717, 1.165) is 45.3 Å². The first kappa shape index (κ1) is 25.6. The molecule has 8 nitrogen and oxygen atoms in total. The van der Waals surface area contributed by atoms with E-state index in [1.807, 2.05) is 6.07 Å². The predicted molar refractivity (Wildman–Crippen MR) is 129 cm³/mol. The van der Waals surface area contributed by atoms with Crippen LogP contribution in [0.15, 0.2) is 52.9 Å². The first-order chi connectivity index (χ1) is 17.4. The number of benzene rings is 2. The molecule has 192 valence electrons. The number of nitrogens with zero attached hydrogens (tertiary/aromatic N) is 5. The van der Waals surface area contributed by atoms with Crippen LogP contribution in [0.3, 0.4) is 0 Å². The number of alkyl halides is 2. The lowest BCUT2D eigenvalue weighted by molar-refractivity contribution is 0.116. The Bertz CT molecular complexity index is 1140. The van der Waals surface area contributed by atoms with Crippen LogP contribution in [0.4, 0.5) is 23.7 Å². The highest BCUT2D eigenvalue weighted by atomic mass is 19.3. The van der Waals surface area contributed by atoms with Gasteiger partial charge in [0.05, 0.1) is 6.54 Å². The molecule has 1 saturated heterocycles. The van der Waals surface area contributed by atoms with Gasteiger partial charge in [0, 0.05) is 56.1 Å². The molecule has 1 N–H and O–H groups in total. The van der Waals surface area contributed by atoms with Crippen LogP contribution in [-0.2, 0) is 6.54 Å². The number of piperazine rings is 1. The first-order valence-corrected chi connectivity index (χ1v) is 11.9. The van der Waals surface area contributed by atoms with Crippen molar-refractivity contribution in [2.75, 3.05) is 50.7 Å². The van der Waals surface area contributed by atoms with Gasteiger partial charge in [-0.05, 0) is 30.8 Å². The van der Waals surface area contributed by atoms with Gasteiger partial charge in [-0.25, -0.2) is 9.18 Å². The summed E-state index contributed by atoms with van der Waals surface area (Å²) < 4.78 is 45.3. The van der Waals surface area contributed by atoms with Crippen LogP contribution in [0.5, 0.6) is 0 Å². The zero-order chi connectivity index (χ0) is 25.5. The topological polar surface area (TPSA) is 77.7 Å². The Morgan fingerprint density at radius 3 is 2.44 bits per heavy atom. The summed E-state index contributed by atoms with van der Waals surface area (Å²) in [5.74, 6) is -1.64. The van der Waals surface area contributed by atoms with Crippen LogP contribution >= 0.6 is 0 Å². The third-order valence-electron chi connectivity index (χ3n) is 6.19. The molecule has 0 radical (unpaired) electrons. The molecule has 1 fully saturated rings. The maximum atomic E-state index is 15.0. The average Bonchev–Trinajstić information content (AvgIpc) is 3.40. The van der Waals surface area contributed by atoms with E-state index in [2.05, 4.69) is 32.2 Å². The highest BCUT2D eigenvalue weighted by Crippen LogP contribution is 2.26. The Hall–Kier alpha value is -3.44. The molecule has 0 bridgehead atoms. The van der Waals surface area contributed by atoms with E-state index < -0.39 is 18.1 Å². The number of para-hydroxylation sites is 1. The molecule has 0 atom stereocenters. The van der Waals surface area contributed by atoms with Crippen molar-refractivity contribution in [3.8, 4) is 11.5 Å². The smallest absolute Gasteiger partial charge is 0.322 e. The molecular formula is C25H29F3N6O2. The SMILES string of the molecule is CCN1CCN(CCNC(=O)N(Cc2ccc(-c3nnc(C(F)F)o3)cc2F)c2ccccc2)CC1. The molecule has 1 aliphatic rings. The van der Waals surface area contributed by atoms with Crippen LogP contribution < -0.4 is 10.2 Å². The molecule has 3 aromatic rings. The van der Waals surface area contributed by atoms with Gasteiger partial charge in [0.25, 0.3) is 5.89 Å². The van der Waals surface area contributed by atoms with Gasteiger partial charge < -0.3 is 14.6 Å². The molecule has 36 heavy (non-hydrogen) atoms. The second-order valence-electron chi connectivity index (χ2n) is 8.48. The van der Waals surface area contributed by atoms with E-state index in [0.29, 0.717) is 12.2 Å². The number of halogens is 3. The van der Waals surface area contributed by atoms with Crippen LogP contribution in [-0.4, -0.2) is 71.8 Å². The lowest BCUT2D eigenvalue weighted by atomic mass is 10.1. The molecule has 4 rings (SSSR count). The summed E-state index contributed by atoms with van der Waals surface area (Å²) in [4.78, 5) is 19.3. The Morgan fingerprint density at radius 2 is 1.81 bits per heavy atom. The second-order valence-corrected chi connectivity index (χ2v) is 8.48. The van der Waals surface area contributed by atoms with E-state index >= 15 is 0 Å². The van der Waals surface area contributed by atoms with Crippen molar-refractivity contribution in [2.24, 2.45) is 0 Å². The summed E-state index contributed by atoms with van der Waals surface area (Å²) in [6.45, 7) is 8.33. The number of aromatic nitrogens is 2. The standard InChI is InChI=1S/C25H29F3N6O2/c1-2-32-12-14-33(15-13-32)11-10-29-25(35)34(20-6-4-3-5-7-20)17-19-9-8-18(16-21(19)26)23-30-31-24(36-23)22(27)28/h3-9,16,22H,2,10-15,17H2,1H3,(H,29,35). The molecule has 2 aromatic carbocycles. The highest BCUT2D eigenvalue weighted by Gasteiger charge is 2.21. The maximum absolute atomic E-state index is 15.0. The molecule has 1 aromatic heterocycles. The largest absolute Gasteiger partial charge is 0.415 e. The van der Waals surface area contributed by atoms with E-state index in [1.165, 1.54) is 17.0 Å². The summed E-state index contributed by atoms with van der Waals surface area (Å²) in [5.41, 5.74) is 1.05. The van der Waals surface area contributed by atoms with E-state index in [4.69, 9.17) is 4.42 Å². The number of likely N-dealkylation sites (N-methyl/N-ethyl adjacent to an activating group) is 1. The van der Waals surface area contributed by atoms with Gasteiger partial charge in [0.2, 0.25) is 5.89 Å². The number of hydrogen-bond donors (Lipinski definition) is 1. The first-order valence-electron chi connectivity index (χ1n) is 11.9. The Balaban J connectivity index is 1.42. The minimum absolute atomic E-state index is 0.0246. The monoisotopic (exact) mass is 502 g/mol. The van der Waals surface area contributed by atoms with Crippen LogP contribution in [0.1, 0.15) is 24.8 Å². The molecule has 0 spiro atoms. The van der Waals surface area contributed by atoms with Crippen LogP contribution in [0.25, 0.3) is 11.5 Å². The fraction of sp³-hybridized carbons (Fsp3) is 0.400. The van der Waals surface area contributed by atoms with Crippen molar-refractivity contribution in [3.63, 3.8) is 0 Å². The minimum atomic E-state index is -2.91. The third-order valence-corrected chi connectivity index (χ3v) is 6.19. The minimum Gasteiger partial charge on any atom is -0.415 e. The normalized spacial score (nSPS) is 14.8. The fourth-order valence-corrected chi connectivity index (χ4v) is 4.05. The highest BCUT2D eigenvalue weighted by molar-refractivity contribution is 5.91. The number of hydrogen-bond acceptors (Lipinski definition) is 6. The molecule has 1 aliphatic heterocycles. The maximum Gasteiger partial charge on any atom is 0.322 e. The number of carbonyl (C=O) groups excluding carboxylic acids is 1.